The Hall–Kier alpha value is -4.19. The summed E-state index contributed by atoms with van der Waals surface area (Å²) in [5, 5.41) is 23.0. The number of imidazole rings is 1. The van der Waals surface area contributed by atoms with Crippen molar-refractivity contribution >= 4 is 35.2 Å². The van der Waals surface area contributed by atoms with Crippen molar-refractivity contribution in [1.29, 1.82) is 0 Å². The molecule has 0 spiro atoms. The van der Waals surface area contributed by atoms with Crippen molar-refractivity contribution in [2.75, 3.05) is 12.3 Å². The van der Waals surface area contributed by atoms with Gasteiger partial charge in [-0.15, -0.1) is 11.8 Å². The maximum absolute atomic E-state index is 13.3. The summed E-state index contributed by atoms with van der Waals surface area (Å²) in [6.45, 7) is 0.237. The van der Waals surface area contributed by atoms with Crippen molar-refractivity contribution in [1.82, 2.24) is 19.8 Å². The second-order valence-electron chi connectivity index (χ2n) is 8.43. The minimum absolute atomic E-state index is 0.0105. The summed E-state index contributed by atoms with van der Waals surface area (Å²) in [4.78, 5) is 55.0. The second kappa shape index (κ2) is 11.7. The number of benzene rings is 2. The zero-order valence-corrected chi connectivity index (χ0v) is 20.6. The van der Waals surface area contributed by atoms with E-state index in [1.54, 1.807) is 29.1 Å². The molecule has 1 aliphatic heterocycles. The number of aliphatic carboxylic acids is 1. The summed E-state index contributed by atoms with van der Waals surface area (Å²) >= 11 is 1.36. The third kappa shape index (κ3) is 6.33. The van der Waals surface area contributed by atoms with Gasteiger partial charge in [0.05, 0.1) is 47.9 Å². The number of nitro benzene ring substituents is 1. The third-order valence-electron chi connectivity index (χ3n) is 6.01. The normalized spacial score (nSPS) is 14.6. The highest BCUT2D eigenvalue weighted by Crippen LogP contribution is 2.27. The largest absolute Gasteiger partial charge is 0.481 e. The number of aromatic nitrogens is 2. The van der Waals surface area contributed by atoms with Gasteiger partial charge in [0.1, 0.15) is 6.04 Å². The van der Waals surface area contributed by atoms with Crippen LogP contribution in [0.3, 0.4) is 0 Å². The Bertz CT molecular complexity index is 1310. The predicted molar refractivity (Wildman–Crippen MR) is 135 cm³/mol. The van der Waals surface area contributed by atoms with E-state index in [0.717, 1.165) is 4.90 Å². The van der Waals surface area contributed by atoms with Gasteiger partial charge in [-0.2, -0.15) is 0 Å². The molecule has 1 unspecified atom stereocenters. The molecule has 2 N–H and O–H groups in total. The van der Waals surface area contributed by atoms with Crippen LogP contribution in [0.4, 0.5) is 5.69 Å². The van der Waals surface area contributed by atoms with Gasteiger partial charge in [0.25, 0.3) is 5.69 Å². The Morgan fingerprint density at radius 2 is 1.86 bits per heavy atom. The van der Waals surface area contributed by atoms with E-state index in [2.05, 4.69) is 10.3 Å². The molecule has 0 radical (unpaired) electrons. The highest BCUT2D eigenvalue weighted by Gasteiger charge is 2.37. The van der Waals surface area contributed by atoms with E-state index in [1.165, 1.54) is 22.7 Å². The molecule has 3 aromatic rings. The van der Waals surface area contributed by atoms with Crippen LogP contribution >= 0.6 is 11.8 Å². The molecule has 2 aromatic carbocycles. The SMILES string of the molecule is O=C(O)CCNC(=O)C1Cc2ncn(Cc3ccccc3[N+](=O)[O-])c2CN1C(=O)CSc1ccccc1. The van der Waals surface area contributed by atoms with Gasteiger partial charge in [-0.25, -0.2) is 4.98 Å². The van der Waals surface area contributed by atoms with E-state index in [-0.39, 0.29) is 49.8 Å². The number of nitro groups is 1. The van der Waals surface area contributed by atoms with Crippen molar-refractivity contribution in [3.05, 3.63) is 88.0 Å². The molecule has 12 heteroatoms. The van der Waals surface area contributed by atoms with Crippen LogP contribution in [0.1, 0.15) is 23.4 Å². The quantitative estimate of drug-likeness (QED) is 0.234. The molecule has 4 rings (SSSR count). The van der Waals surface area contributed by atoms with Crippen LogP contribution in [0, 0.1) is 10.1 Å². The fourth-order valence-electron chi connectivity index (χ4n) is 4.16. The highest BCUT2D eigenvalue weighted by molar-refractivity contribution is 8.00. The molecule has 192 valence electrons. The number of hydrogen-bond acceptors (Lipinski definition) is 7. The molecule has 2 heterocycles. The van der Waals surface area contributed by atoms with Gasteiger partial charge in [0, 0.05) is 29.5 Å². The van der Waals surface area contributed by atoms with Crippen LogP contribution in [0.15, 0.2) is 65.8 Å². The Kier molecular flexibility index (Phi) is 8.18. The number of para-hydroxylation sites is 1. The molecule has 37 heavy (non-hydrogen) atoms. The van der Waals surface area contributed by atoms with Crippen molar-refractivity contribution in [3.8, 4) is 0 Å². The molecule has 1 aromatic heterocycles. The van der Waals surface area contributed by atoms with E-state index >= 15 is 0 Å². The smallest absolute Gasteiger partial charge is 0.305 e. The van der Waals surface area contributed by atoms with Crippen molar-refractivity contribution in [2.24, 2.45) is 0 Å². The molecule has 0 saturated heterocycles. The average molecular weight is 524 g/mol. The molecule has 1 atom stereocenters. The monoisotopic (exact) mass is 523 g/mol. The molecule has 0 fully saturated rings. The van der Waals surface area contributed by atoms with E-state index in [0.29, 0.717) is 17.0 Å². The van der Waals surface area contributed by atoms with Crippen molar-refractivity contribution in [2.45, 2.75) is 36.9 Å². The number of carbonyl (C=O) groups is 3. The van der Waals surface area contributed by atoms with Gasteiger partial charge in [0.15, 0.2) is 0 Å². The standard InChI is InChI=1S/C25H25N5O6S/c31-23(15-37-18-7-2-1-3-8-18)29-14-22-19(12-21(29)25(34)26-11-10-24(32)33)27-16-28(22)13-17-6-4-5-9-20(17)30(35)36/h1-9,16,21H,10-15H2,(H,26,34)(H,32,33). The van der Waals surface area contributed by atoms with E-state index in [4.69, 9.17) is 5.11 Å². The lowest BCUT2D eigenvalue weighted by atomic mass is 10.0. The summed E-state index contributed by atoms with van der Waals surface area (Å²) in [5.41, 5.74) is 1.81. The Balaban J connectivity index is 1.57. The maximum Gasteiger partial charge on any atom is 0.305 e. The van der Waals surface area contributed by atoms with E-state index in [1.807, 2.05) is 30.3 Å². The predicted octanol–water partition coefficient (Wildman–Crippen LogP) is 2.48. The molecule has 0 saturated carbocycles. The summed E-state index contributed by atoms with van der Waals surface area (Å²) in [7, 11) is 0. The number of hydrogen-bond donors (Lipinski definition) is 2. The molecule has 11 nitrogen and oxygen atoms in total. The second-order valence-corrected chi connectivity index (χ2v) is 9.48. The number of carbonyl (C=O) groups excluding carboxylic acids is 2. The van der Waals surface area contributed by atoms with Crippen molar-refractivity contribution < 1.29 is 24.4 Å². The number of fused-ring (bicyclic) bond motifs is 1. The number of amides is 2. The van der Waals surface area contributed by atoms with E-state index in [9.17, 15) is 24.5 Å². The first-order valence-electron chi connectivity index (χ1n) is 11.6. The van der Waals surface area contributed by atoms with Crippen LogP contribution in [0.25, 0.3) is 0 Å². The minimum atomic E-state index is -1.04. The zero-order valence-electron chi connectivity index (χ0n) is 19.8. The van der Waals surface area contributed by atoms with Gasteiger partial charge in [0.2, 0.25) is 11.8 Å². The first kappa shape index (κ1) is 25.9. The number of thioether (sulfide) groups is 1. The zero-order chi connectivity index (χ0) is 26.4. The first-order valence-corrected chi connectivity index (χ1v) is 12.5. The van der Waals surface area contributed by atoms with E-state index < -0.39 is 22.8 Å². The van der Waals surface area contributed by atoms with Gasteiger partial charge < -0.3 is 19.9 Å². The molecule has 1 aliphatic rings. The van der Waals surface area contributed by atoms with Crippen molar-refractivity contribution in [3.63, 3.8) is 0 Å². The Labute approximate surface area is 216 Å². The Morgan fingerprint density at radius 3 is 2.59 bits per heavy atom. The highest BCUT2D eigenvalue weighted by atomic mass is 32.2. The lowest BCUT2D eigenvalue weighted by molar-refractivity contribution is -0.385. The molecular formula is C25H25N5O6S. The van der Waals surface area contributed by atoms with Gasteiger partial charge >= 0.3 is 5.97 Å². The summed E-state index contributed by atoms with van der Waals surface area (Å²) in [6.07, 6.45) is 1.49. The lowest BCUT2D eigenvalue weighted by Crippen LogP contribution is -2.53. The number of rotatable bonds is 10. The molecule has 0 bridgehead atoms. The number of nitrogens with zero attached hydrogens (tertiary/aromatic N) is 4. The minimum Gasteiger partial charge on any atom is -0.481 e. The number of carboxylic acid groups (broad SMARTS) is 1. The van der Waals surface area contributed by atoms with Gasteiger partial charge in [-0.3, -0.25) is 24.5 Å². The molecule has 0 aliphatic carbocycles. The van der Waals surface area contributed by atoms with Gasteiger partial charge in [-0.05, 0) is 12.1 Å². The third-order valence-corrected chi connectivity index (χ3v) is 7.01. The number of nitrogens with one attached hydrogen (secondary N) is 1. The molecular weight excluding hydrogens is 498 g/mol. The fourth-order valence-corrected chi connectivity index (χ4v) is 4.97. The summed E-state index contributed by atoms with van der Waals surface area (Å²) in [5.74, 6) is -1.63. The Morgan fingerprint density at radius 1 is 1.14 bits per heavy atom. The van der Waals surface area contributed by atoms with Gasteiger partial charge in [-0.1, -0.05) is 36.4 Å². The lowest BCUT2D eigenvalue weighted by Gasteiger charge is -2.35. The average Bonchev–Trinajstić information content (AvgIpc) is 3.28. The van der Waals surface area contributed by atoms with Crippen LogP contribution in [-0.2, 0) is 33.9 Å². The topological polar surface area (TPSA) is 148 Å². The summed E-state index contributed by atoms with van der Waals surface area (Å²) < 4.78 is 1.76. The fraction of sp³-hybridized carbons (Fsp3) is 0.280. The molecule has 2 amide bonds. The first-order chi connectivity index (χ1) is 17.8. The maximum atomic E-state index is 13.3. The van der Waals surface area contributed by atoms with Crippen LogP contribution < -0.4 is 5.32 Å². The van der Waals surface area contributed by atoms with Crippen LogP contribution in [0.5, 0.6) is 0 Å². The van der Waals surface area contributed by atoms with Crippen LogP contribution in [0.2, 0.25) is 0 Å². The number of carboxylic acids is 1. The van der Waals surface area contributed by atoms with Crippen LogP contribution in [-0.4, -0.2) is 60.6 Å². The summed E-state index contributed by atoms with van der Waals surface area (Å²) in [6, 6.07) is 15.0.